The van der Waals surface area contributed by atoms with Gasteiger partial charge in [-0.05, 0) is 49.2 Å². The van der Waals surface area contributed by atoms with Gasteiger partial charge >= 0.3 is 0 Å². The fourth-order valence-corrected chi connectivity index (χ4v) is 4.31. The molecule has 1 aliphatic carbocycles. The monoisotopic (exact) mass is 437 g/mol. The molecule has 0 unspecified atom stereocenters. The van der Waals surface area contributed by atoms with Crippen LogP contribution in [-0.4, -0.2) is 40.7 Å². The molecule has 2 fully saturated rings. The van der Waals surface area contributed by atoms with Gasteiger partial charge in [0.25, 0.3) is 0 Å². The molecule has 8 heteroatoms. The van der Waals surface area contributed by atoms with Crippen LogP contribution in [0.15, 0.2) is 54.7 Å². The van der Waals surface area contributed by atoms with Crippen LogP contribution in [0, 0.1) is 5.82 Å². The van der Waals surface area contributed by atoms with Crippen LogP contribution in [0.4, 0.5) is 10.2 Å². The minimum Gasteiger partial charge on any atom is -0.490 e. The summed E-state index contributed by atoms with van der Waals surface area (Å²) < 4.78 is 32.3. The zero-order valence-electron chi connectivity index (χ0n) is 17.5. The fraction of sp³-hybridized carbons (Fsp3) is 0.333. The maximum Gasteiger partial charge on any atom is 0.198 e. The van der Waals surface area contributed by atoms with E-state index in [1.807, 2.05) is 6.07 Å². The maximum absolute atomic E-state index is 13.2. The number of halogens is 1. The first-order valence-corrected chi connectivity index (χ1v) is 10.7. The predicted octanol–water partition coefficient (Wildman–Crippen LogP) is 3.89. The maximum atomic E-state index is 13.2. The van der Waals surface area contributed by atoms with Crippen molar-refractivity contribution in [3.05, 3.63) is 71.7 Å². The van der Waals surface area contributed by atoms with E-state index in [1.54, 1.807) is 30.3 Å². The van der Waals surface area contributed by atoms with Crippen LogP contribution in [0.2, 0.25) is 0 Å². The Morgan fingerprint density at radius 2 is 1.84 bits per heavy atom. The number of ether oxygens (including phenoxy) is 3. The first-order valence-electron chi connectivity index (χ1n) is 10.7. The largest absolute Gasteiger partial charge is 0.490 e. The summed E-state index contributed by atoms with van der Waals surface area (Å²) >= 11 is 0. The number of carbonyl (C=O) groups excluding carboxylic acids is 1. The summed E-state index contributed by atoms with van der Waals surface area (Å²) in [5.41, 5.74) is 7.50. The number of nitrogens with zero attached hydrogens (tertiary/aromatic N) is 2. The van der Waals surface area contributed by atoms with Gasteiger partial charge in [0.1, 0.15) is 17.4 Å². The van der Waals surface area contributed by atoms with Crippen LogP contribution in [0.25, 0.3) is 5.69 Å². The molecule has 3 aromatic rings. The summed E-state index contributed by atoms with van der Waals surface area (Å²) in [6.45, 7) is 1.30. The van der Waals surface area contributed by atoms with Crippen molar-refractivity contribution in [2.45, 2.75) is 37.6 Å². The van der Waals surface area contributed by atoms with Gasteiger partial charge in [0, 0.05) is 18.4 Å². The van der Waals surface area contributed by atoms with Crippen molar-refractivity contribution in [3.8, 4) is 11.4 Å². The molecule has 1 saturated heterocycles. The van der Waals surface area contributed by atoms with Gasteiger partial charge in [-0.25, -0.2) is 9.07 Å². The zero-order chi connectivity index (χ0) is 22.1. The molecule has 0 amide bonds. The van der Waals surface area contributed by atoms with Gasteiger partial charge in [-0.2, -0.15) is 5.10 Å². The van der Waals surface area contributed by atoms with Gasteiger partial charge in [-0.1, -0.05) is 12.1 Å². The Balaban J connectivity index is 1.29. The summed E-state index contributed by atoms with van der Waals surface area (Å²) in [7, 11) is 0. The number of carbonyl (C=O) groups is 1. The zero-order valence-corrected chi connectivity index (χ0v) is 17.5. The molecule has 0 atom stereocenters. The van der Waals surface area contributed by atoms with E-state index >= 15 is 0 Å². The average molecular weight is 437 g/mol. The molecule has 0 radical (unpaired) electrons. The topological polar surface area (TPSA) is 88.6 Å². The number of aromatic nitrogens is 2. The lowest BCUT2D eigenvalue weighted by Crippen LogP contribution is -2.38. The molecule has 2 N–H and O–H groups in total. The summed E-state index contributed by atoms with van der Waals surface area (Å²) in [4.78, 5) is 13.1. The summed E-state index contributed by atoms with van der Waals surface area (Å²) in [5.74, 6) is -0.211. The van der Waals surface area contributed by atoms with Crippen molar-refractivity contribution in [3.63, 3.8) is 0 Å². The van der Waals surface area contributed by atoms with Crippen molar-refractivity contribution in [1.29, 1.82) is 0 Å². The van der Waals surface area contributed by atoms with Crippen LogP contribution in [0.1, 0.15) is 41.6 Å². The van der Waals surface area contributed by atoms with Crippen LogP contribution < -0.4 is 10.5 Å². The van der Waals surface area contributed by atoms with Gasteiger partial charge in [-0.3, -0.25) is 4.79 Å². The molecule has 2 aromatic carbocycles. The Kier molecular flexibility index (Phi) is 5.40. The van der Waals surface area contributed by atoms with Crippen molar-refractivity contribution in [2.24, 2.45) is 0 Å². The van der Waals surface area contributed by atoms with Crippen molar-refractivity contribution in [1.82, 2.24) is 9.78 Å². The third kappa shape index (κ3) is 3.99. The Bertz CT molecular complexity index is 1110. The Hall–Kier alpha value is -3.23. The van der Waals surface area contributed by atoms with Crippen LogP contribution in [-0.2, 0) is 9.47 Å². The first kappa shape index (κ1) is 20.7. The Morgan fingerprint density at radius 3 is 2.56 bits per heavy atom. The molecule has 166 valence electrons. The lowest BCUT2D eigenvalue weighted by Gasteiger charge is -2.35. The predicted molar refractivity (Wildman–Crippen MR) is 115 cm³/mol. The minimum absolute atomic E-state index is 0.0464. The SMILES string of the molecule is Nc1c(C(=O)c2cccc(OC3CCC4(CC3)OCCO4)c2)cnn1-c1ccc(F)cc1. The Labute approximate surface area is 184 Å². The summed E-state index contributed by atoms with van der Waals surface area (Å²) in [6, 6.07) is 12.8. The number of ketones is 1. The van der Waals surface area contributed by atoms with Gasteiger partial charge < -0.3 is 19.9 Å². The smallest absolute Gasteiger partial charge is 0.198 e. The number of nitrogens with two attached hydrogens (primary N) is 1. The first-order chi connectivity index (χ1) is 15.5. The molecule has 32 heavy (non-hydrogen) atoms. The number of nitrogen functional groups attached to an aromatic ring is 1. The lowest BCUT2D eigenvalue weighted by atomic mass is 9.91. The highest BCUT2D eigenvalue weighted by Gasteiger charge is 2.40. The van der Waals surface area contributed by atoms with Crippen LogP contribution in [0.5, 0.6) is 5.75 Å². The highest BCUT2D eigenvalue weighted by molar-refractivity contribution is 6.11. The van der Waals surface area contributed by atoms with Crippen molar-refractivity contribution >= 4 is 11.6 Å². The average Bonchev–Trinajstić information content (AvgIpc) is 3.43. The molecule has 1 saturated carbocycles. The standard InChI is InChI=1S/C24H24FN3O4/c25-17-4-6-18(7-5-17)28-23(26)21(15-27-28)22(29)16-2-1-3-20(14-16)32-19-8-10-24(11-9-19)30-12-13-31-24/h1-7,14-15,19H,8-13,26H2. The molecular formula is C24H24FN3O4. The second-order valence-corrected chi connectivity index (χ2v) is 8.11. The third-order valence-electron chi connectivity index (χ3n) is 6.03. The number of rotatable bonds is 5. The molecule has 1 aromatic heterocycles. The van der Waals surface area contributed by atoms with Crippen LogP contribution in [0.3, 0.4) is 0 Å². The van der Waals surface area contributed by atoms with E-state index in [1.165, 1.54) is 23.0 Å². The van der Waals surface area contributed by atoms with E-state index in [2.05, 4.69) is 5.10 Å². The normalized spacial score (nSPS) is 18.2. The van der Waals surface area contributed by atoms with Gasteiger partial charge in [0.05, 0.1) is 36.8 Å². The van der Waals surface area contributed by atoms with Crippen LogP contribution >= 0.6 is 0 Å². The van der Waals surface area contributed by atoms with E-state index in [0.717, 1.165) is 25.7 Å². The molecule has 1 aliphatic heterocycles. The molecule has 2 aliphatic rings. The second-order valence-electron chi connectivity index (χ2n) is 8.11. The molecule has 5 rings (SSSR count). The number of benzene rings is 2. The van der Waals surface area contributed by atoms with Gasteiger partial charge in [-0.15, -0.1) is 0 Å². The van der Waals surface area contributed by atoms with E-state index in [9.17, 15) is 9.18 Å². The van der Waals surface area contributed by atoms with E-state index in [4.69, 9.17) is 19.9 Å². The minimum atomic E-state index is -0.431. The van der Waals surface area contributed by atoms with Crippen molar-refractivity contribution < 1.29 is 23.4 Å². The number of hydrogen-bond donors (Lipinski definition) is 1. The highest BCUT2D eigenvalue weighted by Crippen LogP contribution is 2.37. The molecular weight excluding hydrogens is 413 g/mol. The number of anilines is 1. The second kappa shape index (κ2) is 8.37. The van der Waals surface area contributed by atoms with E-state index < -0.39 is 5.79 Å². The van der Waals surface area contributed by atoms with Gasteiger partial charge in [0.2, 0.25) is 0 Å². The molecule has 1 spiro atoms. The molecule has 7 nitrogen and oxygen atoms in total. The molecule has 2 heterocycles. The Morgan fingerprint density at radius 1 is 1.12 bits per heavy atom. The summed E-state index contributed by atoms with van der Waals surface area (Å²) in [5, 5.41) is 4.21. The van der Waals surface area contributed by atoms with E-state index in [-0.39, 0.29) is 29.1 Å². The quantitative estimate of drug-likeness (QED) is 0.610. The van der Waals surface area contributed by atoms with Crippen molar-refractivity contribution in [2.75, 3.05) is 18.9 Å². The summed E-state index contributed by atoms with van der Waals surface area (Å²) in [6.07, 6.45) is 4.73. The fourth-order valence-electron chi connectivity index (χ4n) is 4.31. The van der Waals surface area contributed by atoms with E-state index in [0.29, 0.717) is 30.2 Å². The van der Waals surface area contributed by atoms with Gasteiger partial charge in [0.15, 0.2) is 11.6 Å². The lowest BCUT2D eigenvalue weighted by molar-refractivity contribution is -0.186. The highest BCUT2D eigenvalue weighted by atomic mass is 19.1. The number of hydrogen-bond acceptors (Lipinski definition) is 6. The third-order valence-corrected chi connectivity index (χ3v) is 6.03. The molecule has 0 bridgehead atoms.